The second-order valence-electron chi connectivity index (χ2n) is 7.06. The molecule has 5 rings (SSSR count). The molecular formula is C22H18ClN5O2S. The van der Waals surface area contributed by atoms with Crippen molar-refractivity contribution >= 4 is 34.0 Å². The molecule has 0 aliphatic heterocycles. The molecule has 0 atom stereocenters. The molecule has 1 N–H and O–H groups in total. The molecule has 0 saturated heterocycles. The molecular weight excluding hydrogens is 434 g/mol. The van der Waals surface area contributed by atoms with Gasteiger partial charge in [-0.1, -0.05) is 35.1 Å². The van der Waals surface area contributed by atoms with Gasteiger partial charge in [-0.25, -0.2) is 9.67 Å². The highest BCUT2D eigenvalue weighted by atomic mass is 35.5. The Balaban J connectivity index is 1.69. The number of halogens is 1. The zero-order valence-corrected chi connectivity index (χ0v) is 18.2. The Morgan fingerprint density at radius 3 is 2.90 bits per heavy atom. The molecule has 0 fully saturated rings. The molecule has 3 aromatic heterocycles. The summed E-state index contributed by atoms with van der Waals surface area (Å²) in [4.78, 5) is 21.9. The number of hydrogen-bond donors (Lipinski definition) is 1. The second-order valence-corrected chi connectivity index (χ2v) is 8.46. The highest BCUT2D eigenvalue weighted by Crippen LogP contribution is 2.44. The van der Waals surface area contributed by atoms with Crippen LogP contribution in [-0.4, -0.2) is 39.4 Å². The molecule has 1 aliphatic carbocycles. The number of anilines is 1. The molecule has 4 aromatic rings. The van der Waals surface area contributed by atoms with Crippen LogP contribution in [-0.2, 0) is 22.4 Å². The van der Waals surface area contributed by atoms with Gasteiger partial charge >= 0.3 is 0 Å². The van der Waals surface area contributed by atoms with Crippen molar-refractivity contribution in [3.05, 3.63) is 65.1 Å². The maximum Gasteiger partial charge on any atom is 0.252 e. The van der Waals surface area contributed by atoms with Crippen molar-refractivity contribution in [1.82, 2.24) is 19.7 Å². The van der Waals surface area contributed by atoms with Crippen molar-refractivity contribution in [2.75, 3.05) is 19.0 Å². The lowest BCUT2D eigenvalue weighted by atomic mass is 9.95. The first-order valence-electron chi connectivity index (χ1n) is 9.71. The number of hydrogen-bond acceptors (Lipinski definition) is 6. The van der Waals surface area contributed by atoms with Gasteiger partial charge in [0.25, 0.3) is 5.91 Å². The normalized spacial score (nSPS) is 12.3. The number of carbonyl (C=O) groups is 1. The third-order valence-electron chi connectivity index (χ3n) is 5.05. The maximum absolute atomic E-state index is 12.0. The number of nitrogens with one attached hydrogen (secondary N) is 1. The van der Waals surface area contributed by atoms with E-state index in [2.05, 4.69) is 15.3 Å². The number of aromatic nitrogens is 4. The van der Waals surface area contributed by atoms with Gasteiger partial charge in [-0.3, -0.25) is 15.1 Å². The Bertz CT molecular complexity index is 1270. The molecule has 1 amide bonds. The van der Waals surface area contributed by atoms with Crippen molar-refractivity contribution in [2.24, 2.45) is 0 Å². The van der Waals surface area contributed by atoms with E-state index in [1.54, 1.807) is 6.20 Å². The summed E-state index contributed by atoms with van der Waals surface area (Å²) >= 11 is 7.97. The summed E-state index contributed by atoms with van der Waals surface area (Å²) < 4.78 is 6.79. The number of methoxy groups -OCH3 is 1. The van der Waals surface area contributed by atoms with Crippen LogP contribution in [0.1, 0.15) is 11.3 Å². The molecule has 156 valence electrons. The molecule has 31 heavy (non-hydrogen) atoms. The van der Waals surface area contributed by atoms with Crippen LogP contribution in [0.4, 0.5) is 5.13 Å². The van der Waals surface area contributed by atoms with Crippen LogP contribution >= 0.6 is 22.9 Å². The van der Waals surface area contributed by atoms with Crippen LogP contribution in [0.3, 0.4) is 0 Å². The summed E-state index contributed by atoms with van der Waals surface area (Å²) in [6, 6.07) is 11.5. The van der Waals surface area contributed by atoms with E-state index in [4.69, 9.17) is 21.4 Å². The van der Waals surface area contributed by atoms with Crippen LogP contribution in [0.15, 0.2) is 48.8 Å². The number of rotatable bonds is 5. The molecule has 3 heterocycles. The number of benzene rings is 1. The predicted octanol–water partition coefficient (Wildman–Crippen LogP) is 4.39. The number of aryl methyl sites for hydroxylation is 1. The van der Waals surface area contributed by atoms with Crippen LogP contribution in [0.5, 0.6) is 0 Å². The number of ether oxygens (including phenoxy) is 1. The number of thiazole rings is 1. The lowest BCUT2D eigenvalue weighted by Crippen LogP contribution is -2.16. The number of pyridine rings is 1. The minimum atomic E-state index is -0.232. The Labute approximate surface area is 187 Å². The first-order chi connectivity index (χ1) is 15.2. The van der Waals surface area contributed by atoms with Gasteiger partial charge in [0.1, 0.15) is 6.61 Å². The fraction of sp³-hybridized carbons (Fsp3) is 0.182. The minimum absolute atomic E-state index is 0.0157. The SMILES string of the molecule is COCC(=O)Nc1nc2c(s1)-c1c(c(-c3cccnc3)nn1-c1ccccc1Cl)CC2. The highest BCUT2D eigenvalue weighted by Gasteiger charge is 2.30. The molecule has 0 saturated carbocycles. The fourth-order valence-electron chi connectivity index (χ4n) is 3.74. The first kappa shape index (κ1) is 19.9. The quantitative estimate of drug-likeness (QED) is 0.486. The van der Waals surface area contributed by atoms with Crippen LogP contribution < -0.4 is 5.32 Å². The Morgan fingerprint density at radius 1 is 1.26 bits per heavy atom. The molecule has 9 heteroatoms. The summed E-state index contributed by atoms with van der Waals surface area (Å²) in [7, 11) is 1.49. The van der Waals surface area contributed by atoms with Gasteiger partial charge < -0.3 is 4.74 Å². The summed E-state index contributed by atoms with van der Waals surface area (Å²) in [6.07, 6.45) is 5.11. The van der Waals surface area contributed by atoms with Crippen molar-refractivity contribution in [3.63, 3.8) is 0 Å². The van der Waals surface area contributed by atoms with E-state index >= 15 is 0 Å². The van der Waals surface area contributed by atoms with Crippen molar-refractivity contribution in [3.8, 4) is 27.5 Å². The second kappa shape index (κ2) is 8.22. The third kappa shape index (κ3) is 3.63. The summed E-state index contributed by atoms with van der Waals surface area (Å²) in [5.41, 5.74) is 5.65. The average Bonchev–Trinajstić information content (AvgIpc) is 3.35. The van der Waals surface area contributed by atoms with Gasteiger partial charge in [-0.15, -0.1) is 0 Å². The monoisotopic (exact) mass is 451 g/mol. The molecule has 0 unspecified atom stereocenters. The summed E-state index contributed by atoms with van der Waals surface area (Å²) in [5.74, 6) is -0.232. The van der Waals surface area contributed by atoms with Gasteiger partial charge in [0.15, 0.2) is 5.13 Å². The van der Waals surface area contributed by atoms with E-state index in [0.717, 1.165) is 51.6 Å². The molecule has 0 radical (unpaired) electrons. The van der Waals surface area contributed by atoms with Crippen LogP contribution in [0, 0.1) is 0 Å². The zero-order chi connectivity index (χ0) is 21.4. The van der Waals surface area contributed by atoms with Gasteiger partial charge in [-0.2, -0.15) is 5.10 Å². The van der Waals surface area contributed by atoms with E-state index in [0.29, 0.717) is 10.2 Å². The van der Waals surface area contributed by atoms with Crippen LogP contribution in [0.25, 0.3) is 27.5 Å². The Hall–Kier alpha value is -3.07. The van der Waals surface area contributed by atoms with Gasteiger partial charge in [0, 0.05) is 30.6 Å². The Morgan fingerprint density at radius 2 is 2.13 bits per heavy atom. The summed E-state index contributed by atoms with van der Waals surface area (Å²) in [6.45, 7) is -0.0157. The number of amides is 1. The van der Waals surface area contributed by atoms with E-state index < -0.39 is 0 Å². The Kier molecular flexibility index (Phi) is 5.27. The van der Waals surface area contributed by atoms with E-state index in [-0.39, 0.29) is 12.5 Å². The van der Waals surface area contributed by atoms with E-state index in [1.165, 1.54) is 18.4 Å². The predicted molar refractivity (Wildman–Crippen MR) is 121 cm³/mol. The van der Waals surface area contributed by atoms with Crippen molar-refractivity contribution < 1.29 is 9.53 Å². The van der Waals surface area contributed by atoms with Gasteiger partial charge in [0.2, 0.25) is 0 Å². The van der Waals surface area contributed by atoms with Crippen molar-refractivity contribution in [1.29, 1.82) is 0 Å². The van der Waals surface area contributed by atoms with Gasteiger partial charge in [0.05, 0.1) is 32.7 Å². The molecule has 0 bridgehead atoms. The lowest BCUT2D eigenvalue weighted by molar-refractivity contribution is -0.119. The van der Waals surface area contributed by atoms with E-state index in [1.807, 2.05) is 47.3 Å². The molecule has 1 aromatic carbocycles. The lowest BCUT2D eigenvalue weighted by Gasteiger charge is -2.14. The minimum Gasteiger partial charge on any atom is -0.375 e. The van der Waals surface area contributed by atoms with Crippen molar-refractivity contribution in [2.45, 2.75) is 12.8 Å². The largest absolute Gasteiger partial charge is 0.375 e. The zero-order valence-electron chi connectivity index (χ0n) is 16.6. The smallest absolute Gasteiger partial charge is 0.252 e. The molecule has 0 spiro atoms. The number of para-hydroxylation sites is 1. The summed E-state index contributed by atoms with van der Waals surface area (Å²) in [5, 5.41) is 8.93. The maximum atomic E-state index is 12.0. The topological polar surface area (TPSA) is 81.9 Å². The number of nitrogens with zero attached hydrogens (tertiary/aromatic N) is 4. The highest BCUT2D eigenvalue weighted by molar-refractivity contribution is 7.19. The van der Waals surface area contributed by atoms with Gasteiger partial charge in [-0.05, 0) is 37.1 Å². The number of fused-ring (bicyclic) bond motifs is 3. The molecule has 7 nitrogen and oxygen atoms in total. The van der Waals surface area contributed by atoms with Crippen LogP contribution in [0.2, 0.25) is 5.02 Å². The van der Waals surface area contributed by atoms with E-state index in [9.17, 15) is 4.79 Å². The first-order valence-corrected chi connectivity index (χ1v) is 10.9. The third-order valence-corrected chi connectivity index (χ3v) is 6.38. The fourth-order valence-corrected chi connectivity index (χ4v) is 5.04. The average molecular weight is 452 g/mol. The number of carbonyl (C=O) groups excluding carboxylic acids is 1. The molecule has 1 aliphatic rings. The standard InChI is InChI=1S/C22H18ClN5O2S/c1-30-12-18(29)26-22-25-16-9-8-14-19(13-5-4-10-24-11-13)27-28(20(14)21(16)31-22)17-7-3-2-6-15(17)23/h2-7,10-11H,8-9,12H2,1H3,(H,25,26,29).